The largest absolute Gasteiger partial charge is 0.481 e. The van der Waals surface area contributed by atoms with E-state index in [1.165, 1.54) is 0 Å². The van der Waals surface area contributed by atoms with E-state index in [1.807, 2.05) is 4.90 Å². The summed E-state index contributed by atoms with van der Waals surface area (Å²) in [7, 11) is 0. The van der Waals surface area contributed by atoms with Crippen LogP contribution < -0.4 is 0 Å². The van der Waals surface area contributed by atoms with Gasteiger partial charge in [-0.15, -0.1) is 0 Å². The van der Waals surface area contributed by atoms with Crippen LogP contribution in [0.5, 0.6) is 0 Å². The lowest BCUT2D eigenvalue weighted by atomic mass is 10.1. The fourth-order valence-corrected chi connectivity index (χ4v) is 2.71. The number of carbonyl (C=O) groups excluding carboxylic acids is 1. The molecule has 0 bridgehead atoms. The summed E-state index contributed by atoms with van der Waals surface area (Å²) in [5, 5.41) is 17.6. The number of carboxylic acid groups (broad SMARTS) is 1. The van der Waals surface area contributed by atoms with E-state index in [-0.39, 0.29) is 24.5 Å². The standard InChI is InChI=1S/C12H19NO4/c14-6-2-4-8-3-1-5-13(8)11(15)9-7-10(9)12(16)17/h8-10,14H,1-7H2,(H,16,17)/t8?,9-,10+/m1/s1. The molecule has 1 aliphatic carbocycles. The summed E-state index contributed by atoms with van der Waals surface area (Å²) in [6, 6.07) is 0.213. The molecule has 5 heteroatoms. The smallest absolute Gasteiger partial charge is 0.307 e. The third-order valence-corrected chi connectivity index (χ3v) is 3.78. The monoisotopic (exact) mass is 241 g/mol. The first kappa shape index (κ1) is 12.4. The molecule has 1 saturated carbocycles. The number of likely N-dealkylation sites (tertiary alicyclic amines) is 1. The van der Waals surface area contributed by atoms with Gasteiger partial charge in [-0.25, -0.2) is 0 Å². The zero-order chi connectivity index (χ0) is 12.4. The quantitative estimate of drug-likeness (QED) is 0.733. The Kier molecular flexibility index (Phi) is 3.66. The van der Waals surface area contributed by atoms with Crippen molar-refractivity contribution in [3.63, 3.8) is 0 Å². The van der Waals surface area contributed by atoms with Gasteiger partial charge in [0, 0.05) is 19.2 Å². The Hall–Kier alpha value is -1.10. The van der Waals surface area contributed by atoms with Crippen molar-refractivity contribution >= 4 is 11.9 Å². The van der Waals surface area contributed by atoms with Gasteiger partial charge in [-0.2, -0.15) is 0 Å². The zero-order valence-corrected chi connectivity index (χ0v) is 9.84. The van der Waals surface area contributed by atoms with Gasteiger partial charge < -0.3 is 15.1 Å². The van der Waals surface area contributed by atoms with E-state index in [4.69, 9.17) is 10.2 Å². The van der Waals surface area contributed by atoms with Gasteiger partial charge in [0.1, 0.15) is 0 Å². The van der Waals surface area contributed by atoms with Crippen LogP contribution in [0.2, 0.25) is 0 Å². The van der Waals surface area contributed by atoms with Crippen LogP contribution in [0.1, 0.15) is 32.1 Å². The number of hydrogen-bond donors (Lipinski definition) is 2. The number of amides is 1. The molecule has 1 aliphatic heterocycles. The second-order valence-electron chi connectivity index (χ2n) is 4.98. The molecule has 2 aliphatic rings. The third-order valence-electron chi connectivity index (χ3n) is 3.78. The van der Waals surface area contributed by atoms with Crippen LogP contribution in [0.3, 0.4) is 0 Å². The summed E-state index contributed by atoms with van der Waals surface area (Å²) in [6.07, 6.45) is 4.01. The number of aliphatic carboxylic acids is 1. The van der Waals surface area contributed by atoms with Crippen LogP contribution in [0.4, 0.5) is 0 Å². The average Bonchev–Trinajstić information content (AvgIpc) is 2.98. The topological polar surface area (TPSA) is 77.8 Å². The molecule has 0 aromatic rings. The van der Waals surface area contributed by atoms with Gasteiger partial charge in [0.15, 0.2) is 0 Å². The molecule has 2 fully saturated rings. The molecule has 96 valence electrons. The minimum absolute atomic E-state index is 0.0119. The van der Waals surface area contributed by atoms with Crippen molar-refractivity contribution in [2.45, 2.75) is 38.1 Å². The minimum Gasteiger partial charge on any atom is -0.481 e. The van der Waals surface area contributed by atoms with E-state index in [0.717, 1.165) is 25.8 Å². The summed E-state index contributed by atoms with van der Waals surface area (Å²) >= 11 is 0. The Bertz CT molecular complexity index is 318. The number of carbonyl (C=O) groups is 2. The maximum Gasteiger partial charge on any atom is 0.307 e. The molecule has 0 aromatic heterocycles. The SMILES string of the molecule is O=C(O)[C@H]1C[C@H]1C(=O)N1CCCC1CCCO. The fraction of sp³-hybridized carbons (Fsp3) is 0.833. The molecule has 1 unspecified atom stereocenters. The van der Waals surface area contributed by atoms with E-state index in [9.17, 15) is 9.59 Å². The van der Waals surface area contributed by atoms with Crippen LogP contribution >= 0.6 is 0 Å². The Morgan fingerprint density at radius 1 is 1.29 bits per heavy atom. The molecule has 5 nitrogen and oxygen atoms in total. The average molecular weight is 241 g/mol. The summed E-state index contributed by atoms with van der Waals surface area (Å²) in [6.45, 7) is 0.900. The molecular weight excluding hydrogens is 222 g/mol. The highest BCUT2D eigenvalue weighted by Crippen LogP contribution is 2.41. The summed E-state index contributed by atoms with van der Waals surface area (Å²) in [5.41, 5.74) is 0. The van der Waals surface area contributed by atoms with Crippen LogP contribution in [-0.2, 0) is 9.59 Å². The summed E-state index contributed by atoms with van der Waals surface area (Å²) in [5.74, 6) is -1.59. The molecule has 1 saturated heterocycles. The first-order chi connectivity index (χ1) is 8.15. The van der Waals surface area contributed by atoms with Crippen molar-refractivity contribution in [3.8, 4) is 0 Å². The molecule has 2 N–H and O–H groups in total. The van der Waals surface area contributed by atoms with E-state index in [1.54, 1.807) is 0 Å². The molecule has 2 rings (SSSR count). The minimum atomic E-state index is -0.852. The molecule has 0 spiro atoms. The van der Waals surface area contributed by atoms with Crippen molar-refractivity contribution in [2.75, 3.05) is 13.2 Å². The van der Waals surface area contributed by atoms with Crippen molar-refractivity contribution in [1.82, 2.24) is 4.90 Å². The zero-order valence-electron chi connectivity index (χ0n) is 9.84. The lowest BCUT2D eigenvalue weighted by Crippen LogP contribution is -2.37. The number of aliphatic hydroxyl groups excluding tert-OH is 1. The highest BCUT2D eigenvalue weighted by atomic mass is 16.4. The summed E-state index contributed by atoms with van der Waals surface area (Å²) in [4.78, 5) is 24.7. The first-order valence-corrected chi connectivity index (χ1v) is 6.29. The summed E-state index contributed by atoms with van der Waals surface area (Å²) < 4.78 is 0. The highest BCUT2D eigenvalue weighted by Gasteiger charge is 2.51. The second-order valence-corrected chi connectivity index (χ2v) is 4.98. The van der Waals surface area contributed by atoms with E-state index in [2.05, 4.69) is 0 Å². The van der Waals surface area contributed by atoms with Crippen LogP contribution in [-0.4, -0.2) is 46.2 Å². The molecular formula is C12H19NO4. The van der Waals surface area contributed by atoms with Crippen LogP contribution in [0.25, 0.3) is 0 Å². The molecule has 1 amide bonds. The number of hydrogen-bond acceptors (Lipinski definition) is 3. The maximum atomic E-state index is 12.1. The molecule has 0 radical (unpaired) electrons. The van der Waals surface area contributed by atoms with Gasteiger partial charge >= 0.3 is 5.97 Å². The van der Waals surface area contributed by atoms with E-state index >= 15 is 0 Å². The highest BCUT2D eigenvalue weighted by molar-refractivity contribution is 5.89. The predicted molar refractivity (Wildman–Crippen MR) is 60.3 cm³/mol. The lowest BCUT2D eigenvalue weighted by Gasteiger charge is -2.24. The van der Waals surface area contributed by atoms with Gasteiger partial charge in [-0.1, -0.05) is 0 Å². The Morgan fingerprint density at radius 2 is 2.06 bits per heavy atom. The normalized spacial score (nSPS) is 31.6. The molecule has 3 atom stereocenters. The fourth-order valence-electron chi connectivity index (χ4n) is 2.71. The predicted octanol–water partition coefficient (Wildman–Crippen LogP) is 0.471. The Balaban J connectivity index is 1.88. The lowest BCUT2D eigenvalue weighted by molar-refractivity contribution is -0.142. The Morgan fingerprint density at radius 3 is 2.65 bits per heavy atom. The second kappa shape index (κ2) is 5.04. The van der Waals surface area contributed by atoms with Crippen LogP contribution in [0.15, 0.2) is 0 Å². The third kappa shape index (κ3) is 2.60. The van der Waals surface area contributed by atoms with Crippen molar-refractivity contribution in [1.29, 1.82) is 0 Å². The van der Waals surface area contributed by atoms with E-state index in [0.29, 0.717) is 12.8 Å². The first-order valence-electron chi connectivity index (χ1n) is 6.29. The number of nitrogens with zero attached hydrogens (tertiary/aromatic N) is 1. The maximum absolute atomic E-state index is 12.1. The number of carboxylic acids is 1. The van der Waals surface area contributed by atoms with Crippen molar-refractivity contribution in [2.24, 2.45) is 11.8 Å². The molecule has 17 heavy (non-hydrogen) atoms. The number of rotatable bonds is 5. The van der Waals surface area contributed by atoms with Gasteiger partial charge in [0.05, 0.1) is 11.8 Å². The van der Waals surface area contributed by atoms with Crippen molar-refractivity contribution < 1.29 is 19.8 Å². The van der Waals surface area contributed by atoms with Gasteiger partial charge in [-0.05, 0) is 32.1 Å². The van der Waals surface area contributed by atoms with Gasteiger partial charge in [0.25, 0.3) is 0 Å². The van der Waals surface area contributed by atoms with Gasteiger partial charge in [0.2, 0.25) is 5.91 Å². The van der Waals surface area contributed by atoms with Crippen LogP contribution in [0, 0.1) is 11.8 Å². The molecule has 1 heterocycles. The van der Waals surface area contributed by atoms with Crippen molar-refractivity contribution in [3.05, 3.63) is 0 Å². The van der Waals surface area contributed by atoms with E-state index < -0.39 is 11.9 Å². The number of aliphatic hydroxyl groups is 1. The molecule has 0 aromatic carbocycles. The van der Waals surface area contributed by atoms with Gasteiger partial charge in [-0.3, -0.25) is 9.59 Å². The Labute approximate surface area is 100 Å².